The molecule has 1 aliphatic rings. The van der Waals surface area contributed by atoms with Crippen molar-refractivity contribution in [2.45, 2.75) is 25.5 Å². The molecule has 4 nitrogen and oxygen atoms in total. The van der Waals surface area contributed by atoms with Crippen molar-refractivity contribution in [3.63, 3.8) is 0 Å². The van der Waals surface area contributed by atoms with Gasteiger partial charge in [0.05, 0.1) is 10.3 Å². The van der Waals surface area contributed by atoms with Gasteiger partial charge in [-0.3, -0.25) is 9.59 Å². The SMILES string of the molecule is CC(C)C(=O)/C(C#N)=C1/NC(=O)C(Cc2ccc(Cl)cc2)S1. The molecule has 1 amide bonds. The van der Waals surface area contributed by atoms with Gasteiger partial charge in [0.2, 0.25) is 5.91 Å². The van der Waals surface area contributed by atoms with Gasteiger partial charge in [0, 0.05) is 10.9 Å². The van der Waals surface area contributed by atoms with E-state index in [2.05, 4.69) is 5.32 Å². The Hall–Kier alpha value is -1.77. The van der Waals surface area contributed by atoms with Crippen molar-refractivity contribution in [3.05, 3.63) is 45.5 Å². The molecule has 1 N–H and O–H groups in total. The first-order chi connectivity index (χ1) is 10.4. The average molecular weight is 335 g/mol. The van der Waals surface area contributed by atoms with Crippen LogP contribution in [0.25, 0.3) is 0 Å². The standard InChI is InChI=1S/C16H15ClN2O2S/c1-9(2)14(20)12(8-18)16-19-15(21)13(22-16)7-10-3-5-11(17)6-4-10/h3-6,9,13H,7H2,1-2H3,(H,19,21)/b16-12-. The Morgan fingerprint density at radius 2 is 2.05 bits per heavy atom. The van der Waals surface area contributed by atoms with Crippen LogP contribution in [-0.4, -0.2) is 16.9 Å². The van der Waals surface area contributed by atoms with E-state index >= 15 is 0 Å². The highest BCUT2D eigenvalue weighted by molar-refractivity contribution is 8.04. The van der Waals surface area contributed by atoms with E-state index in [1.165, 1.54) is 11.8 Å². The van der Waals surface area contributed by atoms with Crippen molar-refractivity contribution in [1.82, 2.24) is 5.32 Å². The molecule has 1 aliphatic heterocycles. The number of thioether (sulfide) groups is 1. The molecule has 1 aromatic carbocycles. The highest BCUT2D eigenvalue weighted by Gasteiger charge is 2.33. The van der Waals surface area contributed by atoms with Gasteiger partial charge < -0.3 is 5.32 Å². The molecular formula is C16H15ClN2O2S. The van der Waals surface area contributed by atoms with Gasteiger partial charge >= 0.3 is 0 Å². The van der Waals surface area contributed by atoms with Crippen LogP contribution >= 0.6 is 23.4 Å². The maximum absolute atomic E-state index is 12.1. The van der Waals surface area contributed by atoms with E-state index in [0.29, 0.717) is 16.5 Å². The number of hydrogen-bond acceptors (Lipinski definition) is 4. The number of nitrogens with zero attached hydrogens (tertiary/aromatic N) is 1. The zero-order valence-corrected chi connectivity index (χ0v) is 13.8. The van der Waals surface area contributed by atoms with Crippen LogP contribution in [0.4, 0.5) is 0 Å². The number of amides is 1. The maximum Gasteiger partial charge on any atom is 0.238 e. The molecule has 0 bridgehead atoms. The Morgan fingerprint density at radius 3 is 2.59 bits per heavy atom. The molecule has 0 aliphatic carbocycles. The van der Waals surface area contributed by atoms with Crippen LogP contribution in [0.5, 0.6) is 0 Å². The number of hydrogen-bond donors (Lipinski definition) is 1. The fourth-order valence-corrected chi connectivity index (χ4v) is 3.29. The molecule has 0 spiro atoms. The molecule has 1 atom stereocenters. The van der Waals surface area contributed by atoms with Gasteiger partial charge in [-0.15, -0.1) is 0 Å². The molecule has 0 aromatic heterocycles. The van der Waals surface area contributed by atoms with Gasteiger partial charge in [0.25, 0.3) is 0 Å². The van der Waals surface area contributed by atoms with Crippen molar-refractivity contribution in [1.29, 1.82) is 5.26 Å². The lowest BCUT2D eigenvalue weighted by Gasteiger charge is -2.06. The van der Waals surface area contributed by atoms with Crippen LogP contribution in [0.2, 0.25) is 5.02 Å². The monoisotopic (exact) mass is 334 g/mol. The molecule has 0 radical (unpaired) electrons. The lowest BCUT2D eigenvalue weighted by molar-refractivity contribution is -0.119. The molecule has 1 saturated heterocycles. The number of allylic oxidation sites excluding steroid dienone is 1. The van der Waals surface area contributed by atoms with Crippen LogP contribution in [0.3, 0.4) is 0 Å². The van der Waals surface area contributed by atoms with Crippen LogP contribution in [-0.2, 0) is 16.0 Å². The number of halogens is 1. The fraction of sp³-hybridized carbons (Fsp3) is 0.312. The smallest absolute Gasteiger partial charge is 0.238 e. The summed E-state index contributed by atoms with van der Waals surface area (Å²) in [5.74, 6) is -0.716. The van der Waals surface area contributed by atoms with E-state index < -0.39 is 0 Å². The number of ketones is 1. The van der Waals surface area contributed by atoms with Gasteiger partial charge in [-0.05, 0) is 24.1 Å². The summed E-state index contributed by atoms with van der Waals surface area (Å²) in [5.41, 5.74) is 1.01. The van der Waals surface area contributed by atoms with Gasteiger partial charge in [-0.25, -0.2) is 0 Å². The third-order valence-electron chi connectivity index (χ3n) is 3.23. The summed E-state index contributed by atoms with van der Waals surface area (Å²) in [5, 5.41) is 12.5. The Morgan fingerprint density at radius 1 is 1.41 bits per heavy atom. The summed E-state index contributed by atoms with van der Waals surface area (Å²) in [6.07, 6.45) is 0.520. The van der Waals surface area contributed by atoms with Crippen LogP contribution in [0.15, 0.2) is 34.9 Å². The van der Waals surface area contributed by atoms with Gasteiger partial charge in [0.15, 0.2) is 5.78 Å². The summed E-state index contributed by atoms with van der Waals surface area (Å²) < 4.78 is 0. The summed E-state index contributed by atoms with van der Waals surface area (Å²) >= 11 is 7.08. The first-order valence-corrected chi connectivity index (χ1v) is 8.08. The van der Waals surface area contributed by atoms with Crippen molar-refractivity contribution in [3.8, 4) is 6.07 Å². The molecule has 6 heteroatoms. The number of rotatable bonds is 4. The third kappa shape index (κ3) is 3.70. The minimum atomic E-state index is -0.348. The van der Waals surface area contributed by atoms with E-state index in [1.807, 2.05) is 18.2 Å². The Kier molecular flexibility index (Phi) is 5.28. The van der Waals surface area contributed by atoms with Crippen LogP contribution in [0.1, 0.15) is 19.4 Å². The molecule has 114 valence electrons. The Bertz CT molecular complexity index is 674. The Labute approximate surface area is 138 Å². The number of benzene rings is 1. The third-order valence-corrected chi connectivity index (χ3v) is 4.69. The summed E-state index contributed by atoms with van der Waals surface area (Å²) in [4.78, 5) is 24.1. The van der Waals surface area contributed by atoms with Gasteiger partial charge in [0.1, 0.15) is 11.6 Å². The molecule has 1 heterocycles. The average Bonchev–Trinajstić information content (AvgIpc) is 2.83. The second-order valence-electron chi connectivity index (χ2n) is 5.26. The topological polar surface area (TPSA) is 70.0 Å². The minimum Gasteiger partial charge on any atom is -0.318 e. The molecule has 0 saturated carbocycles. The summed E-state index contributed by atoms with van der Waals surface area (Å²) in [7, 11) is 0. The first-order valence-electron chi connectivity index (χ1n) is 6.83. The number of carbonyl (C=O) groups is 2. The quantitative estimate of drug-likeness (QED) is 0.678. The molecule has 22 heavy (non-hydrogen) atoms. The number of carbonyl (C=O) groups excluding carboxylic acids is 2. The normalized spacial score (nSPS) is 19.8. The van der Waals surface area contributed by atoms with Crippen LogP contribution in [0, 0.1) is 17.2 Å². The van der Waals surface area contributed by atoms with Crippen molar-refractivity contribution < 1.29 is 9.59 Å². The first kappa shape index (κ1) is 16.6. The largest absolute Gasteiger partial charge is 0.318 e. The highest BCUT2D eigenvalue weighted by Crippen LogP contribution is 2.32. The lowest BCUT2D eigenvalue weighted by Crippen LogP contribution is -2.24. The van der Waals surface area contributed by atoms with E-state index in [0.717, 1.165) is 5.56 Å². The van der Waals surface area contributed by atoms with Crippen LogP contribution < -0.4 is 5.32 Å². The fourth-order valence-electron chi connectivity index (χ4n) is 2.01. The number of Topliss-reactive ketones (excluding diaryl/α,β-unsaturated/α-hetero) is 1. The molecule has 2 rings (SSSR count). The zero-order valence-electron chi connectivity index (χ0n) is 12.2. The predicted octanol–water partition coefficient (Wildman–Crippen LogP) is 3.07. The van der Waals surface area contributed by atoms with Crippen molar-refractivity contribution in [2.75, 3.05) is 0 Å². The Balaban J connectivity index is 2.18. The van der Waals surface area contributed by atoms with Crippen molar-refractivity contribution >= 4 is 35.1 Å². The minimum absolute atomic E-state index is 0.0342. The number of nitrogens with one attached hydrogen (secondary N) is 1. The molecule has 1 unspecified atom stereocenters. The van der Waals surface area contributed by atoms with Gasteiger partial charge in [-0.2, -0.15) is 5.26 Å². The van der Waals surface area contributed by atoms with Gasteiger partial charge in [-0.1, -0.05) is 49.3 Å². The second kappa shape index (κ2) is 6.99. The second-order valence-corrected chi connectivity index (χ2v) is 6.91. The maximum atomic E-state index is 12.1. The lowest BCUT2D eigenvalue weighted by atomic mass is 10.0. The van der Waals surface area contributed by atoms with E-state index in [1.54, 1.807) is 26.0 Å². The highest BCUT2D eigenvalue weighted by atomic mass is 35.5. The number of nitriles is 1. The molecule has 1 fully saturated rings. The van der Waals surface area contributed by atoms with E-state index in [-0.39, 0.29) is 28.4 Å². The molecular weight excluding hydrogens is 320 g/mol. The summed E-state index contributed by atoms with van der Waals surface area (Å²) in [6.45, 7) is 3.46. The summed E-state index contributed by atoms with van der Waals surface area (Å²) in [6, 6.07) is 9.19. The van der Waals surface area contributed by atoms with E-state index in [9.17, 15) is 14.9 Å². The van der Waals surface area contributed by atoms with E-state index in [4.69, 9.17) is 11.6 Å². The zero-order chi connectivity index (χ0) is 16.3. The predicted molar refractivity (Wildman–Crippen MR) is 87.2 cm³/mol. The molecule has 1 aromatic rings. The van der Waals surface area contributed by atoms with Crippen molar-refractivity contribution in [2.24, 2.45) is 5.92 Å².